The first-order valence-electron chi connectivity index (χ1n) is 9.89. The fraction of sp³-hybridized carbons (Fsp3) is 0.364. The van der Waals surface area contributed by atoms with E-state index in [1.54, 1.807) is 38.6 Å². The van der Waals surface area contributed by atoms with E-state index < -0.39 is 6.36 Å². The lowest BCUT2D eigenvalue weighted by Gasteiger charge is -2.38. The van der Waals surface area contributed by atoms with E-state index in [-0.39, 0.29) is 11.8 Å². The molecule has 1 aliphatic rings. The zero-order valence-corrected chi connectivity index (χ0v) is 17.1. The lowest BCUT2D eigenvalue weighted by Crippen LogP contribution is -2.33. The lowest BCUT2D eigenvalue weighted by molar-refractivity contribution is -0.274. The van der Waals surface area contributed by atoms with E-state index in [1.165, 1.54) is 12.1 Å². The Balaban J connectivity index is 1.71. The van der Waals surface area contributed by atoms with Crippen LogP contribution in [-0.2, 0) is 0 Å². The maximum absolute atomic E-state index is 12.5. The topological polar surface area (TPSA) is 56.7 Å². The standard InChI is InChI=1S/C22H22F3N3O3/c1-29-20-11-16-17(12-21(20)30-2)27-26-13-19(16)28-10-4-3-5-18(28)14-6-8-15(9-7-14)31-22(23,24)25/h6-9,11-13,18H,3-5,10H2,1-2H3. The number of ether oxygens (including phenoxy) is 3. The SMILES string of the molecule is COc1cc2nncc(N3CCCCC3c3ccc(OC(F)(F)F)cc3)c2cc1OC. The molecule has 1 aromatic heterocycles. The minimum absolute atomic E-state index is 0.00539. The van der Waals surface area contributed by atoms with Crippen LogP contribution in [0.3, 0.4) is 0 Å². The number of anilines is 1. The smallest absolute Gasteiger partial charge is 0.493 e. The summed E-state index contributed by atoms with van der Waals surface area (Å²) in [6.45, 7) is 0.792. The van der Waals surface area contributed by atoms with Crippen LogP contribution in [0, 0.1) is 0 Å². The summed E-state index contributed by atoms with van der Waals surface area (Å²) in [7, 11) is 3.14. The minimum Gasteiger partial charge on any atom is -0.493 e. The van der Waals surface area contributed by atoms with Crippen LogP contribution in [-0.4, -0.2) is 37.3 Å². The first-order chi connectivity index (χ1) is 14.9. The van der Waals surface area contributed by atoms with Crippen molar-refractivity contribution in [2.45, 2.75) is 31.7 Å². The molecule has 9 heteroatoms. The van der Waals surface area contributed by atoms with Crippen molar-refractivity contribution in [1.82, 2.24) is 10.2 Å². The van der Waals surface area contributed by atoms with E-state index in [2.05, 4.69) is 19.8 Å². The zero-order valence-electron chi connectivity index (χ0n) is 17.1. The Morgan fingerprint density at radius 3 is 2.39 bits per heavy atom. The number of fused-ring (bicyclic) bond motifs is 1. The summed E-state index contributed by atoms with van der Waals surface area (Å²) < 4.78 is 52.3. The molecule has 2 aromatic carbocycles. The Hall–Kier alpha value is -3.23. The average Bonchev–Trinajstić information content (AvgIpc) is 2.77. The fourth-order valence-electron chi connectivity index (χ4n) is 4.06. The van der Waals surface area contributed by atoms with Crippen LogP contribution < -0.4 is 19.1 Å². The number of nitrogens with zero attached hydrogens (tertiary/aromatic N) is 3. The van der Waals surface area contributed by atoms with Crippen LogP contribution in [0.25, 0.3) is 10.9 Å². The summed E-state index contributed by atoms with van der Waals surface area (Å²) in [6.07, 6.45) is -0.0944. The third-order valence-electron chi connectivity index (χ3n) is 5.43. The zero-order chi connectivity index (χ0) is 22.0. The van der Waals surface area contributed by atoms with Gasteiger partial charge in [-0.25, -0.2) is 0 Å². The van der Waals surface area contributed by atoms with Crippen molar-refractivity contribution in [3.63, 3.8) is 0 Å². The molecular weight excluding hydrogens is 411 g/mol. The highest BCUT2D eigenvalue weighted by molar-refractivity contribution is 5.93. The van der Waals surface area contributed by atoms with E-state index in [9.17, 15) is 13.2 Å². The quantitative estimate of drug-likeness (QED) is 0.546. The van der Waals surface area contributed by atoms with Crippen LogP contribution in [0.4, 0.5) is 18.9 Å². The van der Waals surface area contributed by atoms with Crippen molar-refractivity contribution in [3.05, 3.63) is 48.2 Å². The molecule has 3 aromatic rings. The molecule has 1 saturated heterocycles. The molecule has 0 saturated carbocycles. The van der Waals surface area contributed by atoms with Crippen LogP contribution >= 0.6 is 0 Å². The summed E-state index contributed by atoms with van der Waals surface area (Å²) in [4.78, 5) is 2.23. The Morgan fingerprint density at radius 1 is 1.00 bits per heavy atom. The molecule has 1 aliphatic heterocycles. The van der Waals surface area contributed by atoms with Crippen LogP contribution in [0.5, 0.6) is 17.2 Å². The third kappa shape index (κ3) is 4.45. The van der Waals surface area contributed by atoms with Gasteiger partial charge in [0.25, 0.3) is 0 Å². The average molecular weight is 433 g/mol. The molecule has 2 heterocycles. The molecule has 31 heavy (non-hydrogen) atoms. The van der Waals surface area contributed by atoms with Crippen molar-refractivity contribution < 1.29 is 27.4 Å². The van der Waals surface area contributed by atoms with E-state index in [4.69, 9.17) is 9.47 Å². The van der Waals surface area contributed by atoms with E-state index in [0.717, 1.165) is 42.4 Å². The Bertz CT molecular complexity index is 1060. The predicted molar refractivity (Wildman–Crippen MR) is 110 cm³/mol. The molecule has 4 rings (SSSR count). The number of alkyl halides is 3. The van der Waals surface area contributed by atoms with E-state index in [1.807, 2.05) is 6.07 Å². The Labute approximate surface area is 177 Å². The molecular formula is C22H22F3N3O3. The third-order valence-corrected chi connectivity index (χ3v) is 5.43. The number of piperidine rings is 1. The first kappa shape index (κ1) is 21.0. The summed E-state index contributed by atoms with van der Waals surface area (Å²) in [5.41, 5.74) is 2.49. The predicted octanol–water partition coefficient (Wildman–Crippen LogP) is 5.28. The lowest BCUT2D eigenvalue weighted by atomic mass is 9.94. The van der Waals surface area contributed by atoms with Gasteiger partial charge in [0.1, 0.15) is 5.75 Å². The molecule has 0 spiro atoms. The van der Waals surface area contributed by atoms with Gasteiger partial charge in [-0.05, 0) is 43.0 Å². The molecule has 164 valence electrons. The normalized spacial score (nSPS) is 16.9. The fourth-order valence-corrected chi connectivity index (χ4v) is 4.06. The molecule has 0 radical (unpaired) electrons. The van der Waals surface area contributed by atoms with Crippen molar-refractivity contribution in [1.29, 1.82) is 0 Å². The monoisotopic (exact) mass is 433 g/mol. The van der Waals surface area contributed by atoms with Gasteiger partial charge in [-0.15, -0.1) is 13.2 Å². The van der Waals surface area contributed by atoms with Crippen molar-refractivity contribution in [3.8, 4) is 17.2 Å². The molecule has 1 fully saturated rings. The van der Waals surface area contributed by atoms with E-state index in [0.29, 0.717) is 17.0 Å². The van der Waals surface area contributed by atoms with Gasteiger partial charge < -0.3 is 19.1 Å². The summed E-state index contributed by atoms with van der Waals surface area (Å²) >= 11 is 0. The highest BCUT2D eigenvalue weighted by Gasteiger charge is 2.31. The first-order valence-corrected chi connectivity index (χ1v) is 9.89. The number of rotatable bonds is 5. The number of halogens is 3. The van der Waals surface area contributed by atoms with Gasteiger partial charge in [-0.2, -0.15) is 10.2 Å². The Morgan fingerprint density at radius 2 is 1.71 bits per heavy atom. The maximum Gasteiger partial charge on any atom is 0.573 e. The number of methoxy groups -OCH3 is 2. The van der Waals surface area contributed by atoms with Gasteiger partial charge in [0.15, 0.2) is 11.5 Å². The van der Waals surface area contributed by atoms with E-state index >= 15 is 0 Å². The molecule has 0 bridgehead atoms. The molecule has 0 amide bonds. The summed E-state index contributed by atoms with van der Waals surface area (Å²) in [6, 6.07) is 9.74. The summed E-state index contributed by atoms with van der Waals surface area (Å²) in [5.74, 6) is 0.926. The van der Waals surface area contributed by atoms with Gasteiger partial charge in [-0.3, -0.25) is 0 Å². The van der Waals surface area contributed by atoms with Crippen LogP contribution in [0.1, 0.15) is 30.9 Å². The number of hydrogen-bond donors (Lipinski definition) is 0. The van der Waals surface area contributed by atoms with Gasteiger partial charge in [0.05, 0.1) is 37.7 Å². The van der Waals surface area contributed by atoms with Crippen LogP contribution in [0.15, 0.2) is 42.6 Å². The van der Waals surface area contributed by atoms with Crippen molar-refractivity contribution in [2.24, 2.45) is 0 Å². The van der Waals surface area contributed by atoms with Gasteiger partial charge in [0, 0.05) is 18.0 Å². The molecule has 0 aliphatic carbocycles. The molecule has 1 atom stereocenters. The van der Waals surface area contributed by atoms with Crippen molar-refractivity contribution in [2.75, 3.05) is 25.7 Å². The number of aromatic nitrogens is 2. The van der Waals surface area contributed by atoms with Crippen LogP contribution in [0.2, 0.25) is 0 Å². The second kappa shape index (κ2) is 8.49. The molecule has 1 unspecified atom stereocenters. The summed E-state index contributed by atoms with van der Waals surface area (Å²) in [5, 5.41) is 9.27. The minimum atomic E-state index is -4.71. The second-order valence-electron chi connectivity index (χ2n) is 7.28. The highest BCUT2D eigenvalue weighted by atomic mass is 19.4. The second-order valence-corrected chi connectivity index (χ2v) is 7.28. The van der Waals surface area contributed by atoms with Gasteiger partial charge in [-0.1, -0.05) is 12.1 Å². The number of benzene rings is 2. The maximum atomic E-state index is 12.5. The molecule has 6 nitrogen and oxygen atoms in total. The van der Waals surface area contributed by atoms with Crippen molar-refractivity contribution >= 4 is 16.6 Å². The highest BCUT2D eigenvalue weighted by Crippen LogP contribution is 2.41. The number of hydrogen-bond acceptors (Lipinski definition) is 6. The van der Waals surface area contributed by atoms with Gasteiger partial charge in [0.2, 0.25) is 0 Å². The Kier molecular flexibility index (Phi) is 5.75. The largest absolute Gasteiger partial charge is 0.573 e. The molecule has 0 N–H and O–H groups in total. The van der Waals surface area contributed by atoms with Gasteiger partial charge >= 0.3 is 6.36 Å².